The van der Waals surface area contributed by atoms with E-state index in [1.807, 2.05) is 12.1 Å². The minimum Gasteiger partial charge on any atom is -0.372 e. The van der Waals surface area contributed by atoms with Crippen LogP contribution < -0.4 is 15.8 Å². The molecule has 0 aliphatic carbocycles. The number of nitrogens with one attached hydrogen (secondary N) is 2. The van der Waals surface area contributed by atoms with Crippen LogP contribution in [0.15, 0.2) is 23.1 Å². The molecule has 2 unspecified atom stereocenters. The standard InChI is InChI=1S/C19H25N5O3/c1-11-9-24(10-12(2)27-11)16-6-5-15(7-20-16)8-21-18(25)17-13(3)14(4)22-23-19(17)26/h5-7,11-12H,8-10H2,1-4H3,(H,21,25)(H,23,26). The van der Waals surface area contributed by atoms with Crippen LogP contribution in [0.5, 0.6) is 0 Å². The van der Waals surface area contributed by atoms with Crippen LogP contribution in [0.2, 0.25) is 0 Å². The van der Waals surface area contributed by atoms with Crippen LogP contribution in [0.3, 0.4) is 0 Å². The van der Waals surface area contributed by atoms with E-state index in [4.69, 9.17) is 4.74 Å². The summed E-state index contributed by atoms with van der Waals surface area (Å²) in [4.78, 5) is 31.0. The quantitative estimate of drug-likeness (QED) is 0.841. The molecule has 1 aliphatic heterocycles. The number of aromatic nitrogens is 3. The summed E-state index contributed by atoms with van der Waals surface area (Å²) in [5.41, 5.74) is 1.68. The molecular formula is C19H25N5O3. The van der Waals surface area contributed by atoms with Gasteiger partial charge in [-0.2, -0.15) is 5.10 Å². The molecule has 0 aromatic carbocycles. The molecule has 1 aliphatic rings. The van der Waals surface area contributed by atoms with Crippen LogP contribution in [0.1, 0.15) is 41.0 Å². The Labute approximate surface area is 158 Å². The van der Waals surface area contributed by atoms with Crippen LogP contribution in [-0.2, 0) is 11.3 Å². The average molecular weight is 371 g/mol. The van der Waals surface area contributed by atoms with E-state index in [9.17, 15) is 9.59 Å². The van der Waals surface area contributed by atoms with Crippen molar-refractivity contribution in [1.29, 1.82) is 0 Å². The van der Waals surface area contributed by atoms with Crippen molar-refractivity contribution in [3.8, 4) is 0 Å². The lowest BCUT2D eigenvalue weighted by Crippen LogP contribution is -2.45. The van der Waals surface area contributed by atoms with E-state index >= 15 is 0 Å². The first-order valence-electron chi connectivity index (χ1n) is 9.04. The van der Waals surface area contributed by atoms with Gasteiger partial charge in [0.25, 0.3) is 11.5 Å². The van der Waals surface area contributed by atoms with Gasteiger partial charge in [-0.3, -0.25) is 9.59 Å². The molecule has 0 spiro atoms. The number of hydrogen-bond donors (Lipinski definition) is 2. The maximum atomic E-state index is 12.4. The summed E-state index contributed by atoms with van der Waals surface area (Å²) < 4.78 is 5.75. The third-order valence-corrected chi connectivity index (χ3v) is 4.70. The molecule has 144 valence electrons. The molecule has 1 amide bonds. The van der Waals surface area contributed by atoms with E-state index in [1.54, 1.807) is 20.0 Å². The third kappa shape index (κ3) is 4.33. The lowest BCUT2D eigenvalue weighted by molar-refractivity contribution is -0.00546. The number of morpholine rings is 1. The van der Waals surface area contributed by atoms with Crippen LogP contribution >= 0.6 is 0 Å². The zero-order chi connectivity index (χ0) is 19.6. The number of aromatic amines is 1. The zero-order valence-corrected chi connectivity index (χ0v) is 16.1. The molecule has 0 radical (unpaired) electrons. The molecule has 2 N–H and O–H groups in total. The minimum absolute atomic E-state index is 0.100. The normalized spacial score (nSPS) is 19.8. The number of nitrogens with zero attached hydrogens (tertiary/aromatic N) is 3. The molecule has 2 aromatic rings. The first kappa shape index (κ1) is 19.0. The van der Waals surface area contributed by atoms with Crippen molar-refractivity contribution in [3.63, 3.8) is 0 Å². The van der Waals surface area contributed by atoms with Crippen molar-refractivity contribution >= 4 is 11.7 Å². The lowest BCUT2D eigenvalue weighted by atomic mass is 10.1. The lowest BCUT2D eigenvalue weighted by Gasteiger charge is -2.36. The Morgan fingerprint density at radius 2 is 2.00 bits per heavy atom. The van der Waals surface area contributed by atoms with Crippen molar-refractivity contribution in [2.75, 3.05) is 18.0 Å². The fourth-order valence-corrected chi connectivity index (χ4v) is 3.24. The molecule has 0 saturated carbocycles. The summed E-state index contributed by atoms with van der Waals surface area (Å²) >= 11 is 0. The van der Waals surface area contributed by atoms with Crippen molar-refractivity contribution in [1.82, 2.24) is 20.5 Å². The number of carbonyl (C=O) groups is 1. The molecule has 1 saturated heterocycles. The molecule has 0 bridgehead atoms. The van der Waals surface area contributed by atoms with Gasteiger partial charge in [0.2, 0.25) is 0 Å². The highest BCUT2D eigenvalue weighted by Gasteiger charge is 2.23. The summed E-state index contributed by atoms with van der Waals surface area (Å²) in [6, 6.07) is 3.88. The summed E-state index contributed by atoms with van der Waals surface area (Å²) in [6.45, 7) is 9.47. The highest BCUT2D eigenvalue weighted by molar-refractivity contribution is 5.95. The second-order valence-corrected chi connectivity index (χ2v) is 7.01. The summed E-state index contributed by atoms with van der Waals surface area (Å²) in [5.74, 6) is 0.475. The Bertz CT molecular complexity index is 868. The largest absolute Gasteiger partial charge is 0.372 e. The number of carbonyl (C=O) groups excluding carboxylic acids is 1. The second-order valence-electron chi connectivity index (χ2n) is 7.01. The van der Waals surface area contributed by atoms with E-state index in [0.717, 1.165) is 24.5 Å². The monoisotopic (exact) mass is 371 g/mol. The number of anilines is 1. The number of amides is 1. The van der Waals surface area contributed by atoms with Crippen LogP contribution in [0.25, 0.3) is 0 Å². The predicted molar refractivity (Wildman–Crippen MR) is 102 cm³/mol. The second kappa shape index (κ2) is 7.87. The number of pyridine rings is 1. The molecule has 1 fully saturated rings. The van der Waals surface area contributed by atoms with E-state index in [-0.39, 0.29) is 17.8 Å². The Morgan fingerprint density at radius 3 is 2.63 bits per heavy atom. The zero-order valence-electron chi connectivity index (χ0n) is 16.1. The van der Waals surface area contributed by atoms with Crippen LogP contribution in [0.4, 0.5) is 5.82 Å². The van der Waals surface area contributed by atoms with E-state index < -0.39 is 11.5 Å². The topological polar surface area (TPSA) is 100 Å². The predicted octanol–water partition coefficient (Wildman–Crippen LogP) is 1.33. The fourth-order valence-electron chi connectivity index (χ4n) is 3.24. The Balaban J connectivity index is 1.65. The van der Waals surface area contributed by atoms with E-state index in [1.165, 1.54) is 0 Å². The van der Waals surface area contributed by atoms with E-state index in [0.29, 0.717) is 17.8 Å². The minimum atomic E-state index is -0.486. The number of hydrogen-bond acceptors (Lipinski definition) is 6. The van der Waals surface area contributed by atoms with Gasteiger partial charge < -0.3 is 15.0 Å². The molecule has 2 aromatic heterocycles. The highest BCUT2D eigenvalue weighted by Crippen LogP contribution is 2.18. The molecular weight excluding hydrogens is 346 g/mol. The van der Waals surface area contributed by atoms with Gasteiger partial charge in [-0.1, -0.05) is 6.07 Å². The van der Waals surface area contributed by atoms with Crippen molar-refractivity contribution in [2.24, 2.45) is 0 Å². The first-order chi connectivity index (χ1) is 12.8. The Kier molecular flexibility index (Phi) is 5.55. The van der Waals surface area contributed by atoms with E-state index in [2.05, 4.69) is 39.2 Å². The Morgan fingerprint density at radius 1 is 1.30 bits per heavy atom. The fraction of sp³-hybridized carbons (Fsp3) is 0.474. The first-order valence-corrected chi connectivity index (χ1v) is 9.04. The number of rotatable bonds is 4. The van der Waals surface area contributed by atoms with Crippen molar-refractivity contribution in [3.05, 3.63) is 51.1 Å². The van der Waals surface area contributed by atoms with Gasteiger partial charge in [0.1, 0.15) is 11.4 Å². The van der Waals surface area contributed by atoms with Gasteiger partial charge >= 0.3 is 0 Å². The average Bonchev–Trinajstić information content (AvgIpc) is 2.63. The highest BCUT2D eigenvalue weighted by atomic mass is 16.5. The molecule has 3 heterocycles. The maximum absolute atomic E-state index is 12.4. The summed E-state index contributed by atoms with van der Waals surface area (Å²) in [5, 5.41) is 8.98. The number of aryl methyl sites for hydroxylation is 1. The SMILES string of the molecule is Cc1n[nH]c(=O)c(C(=O)NCc2ccc(N3CC(C)OC(C)C3)nc2)c1C. The van der Waals surface area contributed by atoms with Gasteiger partial charge in [-0.05, 0) is 44.9 Å². The van der Waals surface area contributed by atoms with Gasteiger partial charge in [0.15, 0.2) is 0 Å². The molecule has 2 atom stereocenters. The molecule has 27 heavy (non-hydrogen) atoms. The van der Waals surface area contributed by atoms with Crippen LogP contribution in [0, 0.1) is 13.8 Å². The number of H-pyrrole nitrogens is 1. The van der Waals surface area contributed by atoms with Gasteiger partial charge in [0.05, 0.1) is 17.9 Å². The number of ether oxygens (including phenoxy) is 1. The van der Waals surface area contributed by atoms with Gasteiger partial charge in [-0.25, -0.2) is 10.1 Å². The molecule has 8 nitrogen and oxygen atoms in total. The van der Waals surface area contributed by atoms with Crippen molar-refractivity contribution < 1.29 is 9.53 Å². The molecule has 8 heteroatoms. The van der Waals surface area contributed by atoms with Crippen LogP contribution in [-0.4, -0.2) is 46.4 Å². The Hall–Kier alpha value is -2.74. The smallest absolute Gasteiger partial charge is 0.277 e. The summed E-state index contributed by atoms with van der Waals surface area (Å²) in [6.07, 6.45) is 2.08. The van der Waals surface area contributed by atoms with Gasteiger partial charge in [-0.15, -0.1) is 0 Å². The summed E-state index contributed by atoms with van der Waals surface area (Å²) in [7, 11) is 0. The van der Waals surface area contributed by atoms with Crippen molar-refractivity contribution in [2.45, 2.75) is 46.4 Å². The maximum Gasteiger partial charge on any atom is 0.277 e. The van der Waals surface area contributed by atoms with Gasteiger partial charge in [0, 0.05) is 25.8 Å². The third-order valence-electron chi connectivity index (χ3n) is 4.70. The molecule has 3 rings (SSSR count).